The molecule has 5 nitrogen and oxygen atoms in total. The highest BCUT2D eigenvalue weighted by Gasteiger charge is 2.13. The van der Waals surface area contributed by atoms with Crippen LogP contribution >= 0.6 is 0 Å². The van der Waals surface area contributed by atoms with E-state index in [0.29, 0.717) is 18.3 Å². The maximum Gasteiger partial charge on any atom is 0.258 e. The Hall–Kier alpha value is -1.88. The maximum atomic E-state index is 5.56. The SMILES string of the molecule is COc1cccc(-c2nc(C(C)CN)no2)c1. The van der Waals surface area contributed by atoms with Crippen LogP contribution < -0.4 is 10.5 Å². The minimum absolute atomic E-state index is 0.0955. The molecule has 0 aliphatic rings. The summed E-state index contributed by atoms with van der Waals surface area (Å²) < 4.78 is 10.3. The molecule has 0 amide bonds. The molecule has 17 heavy (non-hydrogen) atoms. The summed E-state index contributed by atoms with van der Waals surface area (Å²) in [5, 5.41) is 3.91. The van der Waals surface area contributed by atoms with Gasteiger partial charge in [-0.15, -0.1) is 0 Å². The fraction of sp³-hybridized carbons (Fsp3) is 0.333. The lowest BCUT2D eigenvalue weighted by molar-refractivity contribution is 0.411. The first-order valence-electron chi connectivity index (χ1n) is 5.42. The second kappa shape index (κ2) is 4.97. The Labute approximate surface area is 99.6 Å². The lowest BCUT2D eigenvalue weighted by Gasteiger charge is -2.00. The van der Waals surface area contributed by atoms with Gasteiger partial charge in [0.1, 0.15) is 5.75 Å². The molecule has 1 unspecified atom stereocenters. The molecule has 0 spiro atoms. The van der Waals surface area contributed by atoms with Crippen molar-refractivity contribution in [2.45, 2.75) is 12.8 Å². The van der Waals surface area contributed by atoms with E-state index < -0.39 is 0 Å². The van der Waals surface area contributed by atoms with Crippen LogP contribution in [-0.2, 0) is 0 Å². The zero-order valence-corrected chi connectivity index (χ0v) is 9.88. The van der Waals surface area contributed by atoms with Gasteiger partial charge >= 0.3 is 0 Å². The zero-order chi connectivity index (χ0) is 12.3. The normalized spacial score (nSPS) is 12.4. The van der Waals surface area contributed by atoms with Crippen molar-refractivity contribution >= 4 is 0 Å². The Morgan fingerprint density at radius 1 is 1.47 bits per heavy atom. The number of aromatic nitrogens is 2. The zero-order valence-electron chi connectivity index (χ0n) is 9.88. The van der Waals surface area contributed by atoms with E-state index in [0.717, 1.165) is 11.3 Å². The molecule has 1 heterocycles. The quantitative estimate of drug-likeness (QED) is 0.871. The summed E-state index contributed by atoms with van der Waals surface area (Å²) in [6.45, 7) is 2.46. The van der Waals surface area contributed by atoms with Crippen molar-refractivity contribution in [2.75, 3.05) is 13.7 Å². The highest BCUT2D eigenvalue weighted by atomic mass is 16.5. The smallest absolute Gasteiger partial charge is 0.258 e. The van der Waals surface area contributed by atoms with Gasteiger partial charge in [0.15, 0.2) is 5.82 Å². The molecule has 90 valence electrons. The van der Waals surface area contributed by atoms with E-state index in [1.54, 1.807) is 7.11 Å². The van der Waals surface area contributed by atoms with Gasteiger partial charge in [-0.05, 0) is 18.2 Å². The van der Waals surface area contributed by atoms with Crippen molar-refractivity contribution in [3.8, 4) is 17.2 Å². The average Bonchev–Trinajstić information content (AvgIpc) is 2.87. The van der Waals surface area contributed by atoms with Gasteiger partial charge in [-0.2, -0.15) is 4.98 Å². The first kappa shape index (κ1) is 11.6. The number of nitrogens with zero attached hydrogens (tertiary/aromatic N) is 2. The van der Waals surface area contributed by atoms with Crippen LogP contribution in [0.1, 0.15) is 18.7 Å². The summed E-state index contributed by atoms with van der Waals surface area (Å²) in [6, 6.07) is 7.49. The molecule has 1 aromatic heterocycles. The van der Waals surface area contributed by atoms with Gasteiger partial charge in [-0.3, -0.25) is 0 Å². The van der Waals surface area contributed by atoms with E-state index in [1.807, 2.05) is 31.2 Å². The molecular weight excluding hydrogens is 218 g/mol. The standard InChI is InChI=1S/C12H15N3O2/c1-8(7-13)11-14-12(17-15-11)9-4-3-5-10(6-9)16-2/h3-6,8H,7,13H2,1-2H3. The summed E-state index contributed by atoms with van der Waals surface area (Å²) in [5.74, 6) is 1.97. The van der Waals surface area contributed by atoms with E-state index >= 15 is 0 Å². The molecule has 2 N–H and O–H groups in total. The van der Waals surface area contributed by atoms with E-state index in [1.165, 1.54) is 0 Å². The Morgan fingerprint density at radius 2 is 2.29 bits per heavy atom. The predicted molar refractivity (Wildman–Crippen MR) is 63.8 cm³/mol. The number of ether oxygens (including phenoxy) is 1. The molecule has 1 atom stereocenters. The van der Waals surface area contributed by atoms with E-state index in [4.69, 9.17) is 15.0 Å². The van der Waals surface area contributed by atoms with Gasteiger partial charge < -0.3 is 15.0 Å². The number of benzene rings is 1. The summed E-state index contributed by atoms with van der Waals surface area (Å²) in [4.78, 5) is 4.31. The summed E-state index contributed by atoms with van der Waals surface area (Å²) in [5.41, 5.74) is 6.40. The third-order valence-electron chi connectivity index (χ3n) is 2.55. The van der Waals surface area contributed by atoms with Gasteiger partial charge in [-0.1, -0.05) is 18.1 Å². The monoisotopic (exact) mass is 233 g/mol. The fourth-order valence-corrected chi connectivity index (χ4v) is 1.41. The molecule has 0 saturated heterocycles. The first-order valence-corrected chi connectivity index (χ1v) is 5.42. The van der Waals surface area contributed by atoms with Crippen LogP contribution in [-0.4, -0.2) is 23.8 Å². The second-order valence-corrected chi connectivity index (χ2v) is 3.83. The van der Waals surface area contributed by atoms with Crippen molar-refractivity contribution in [3.05, 3.63) is 30.1 Å². The topological polar surface area (TPSA) is 74.2 Å². The van der Waals surface area contributed by atoms with Gasteiger partial charge in [0.05, 0.1) is 7.11 Å². The molecule has 5 heteroatoms. The molecule has 0 bridgehead atoms. The minimum atomic E-state index is 0.0955. The fourth-order valence-electron chi connectivity index (χ4n) is 1.41. The number of hydrogen-bond acceptors (Lipinski definition) is 5. The summed E-state index contributed by atoms with van der Waals surface area (Å²) in [7, 11) is 1.62. The summed E-state index contributed by atoms with van der Waals surface area (Å²) in [6.07, 6.45) is 0. The lowest BCUT2D eigenvalue weighted by atomic mass is 10.2. The third kappa shape index (κ3) is 2.45. The van der Waals surface area contributed by atoms with Crippen molar-refractivity contribution in [2.24, 2.45) is 5.73 Å². The molecule has 2 rings (SSSR count). The van der Waals surface area contributed by atoms with Crippen molar-refractivity contribution in [3.63, 3.8) is 0 Å². The maximum absolute atomic E-state index is 5.56. The molecule has 0 aliphatic heterocycles. The molecule has 0 aliphatic carbocycles. The lowest BCUT2D eigenvalue weighted by Crippen LogP contribution is -2.10. The first-order chi connectivity index (χ1) is 8.24. The Kier molecular flexibility index (Phi) is 3.39. The van der Waals surface area contributed by atoms with Crippen LogP contribution in [0.2, 0.25) is 0 Å². The largest absolute Gasteiger partial charge is 0.497 e. The molecule has 2 aromatic rings. The molecular formula is C12H15N3O2. The molecule has 0 radical (unpaired) electrons. The molecule has 0 fully saturated rings. The van der Waals surface area contributed by atoms with Gasteiger partial charge in [-0.25, -0.2) is 0 Å². The van der Waals surface area contributed by atoms with Crippen LogP contribution in [0, 0.1) is 0 Å². The van der Waals surface area contributed by atoms with Crippen LogP contribution in [0.25, 0.3) is 11.5 Å². The van der Waals surface area contributed by atoms with E-state index in [-0.39, 0.29) is 5.92 Å². The van der Waals surface area contributed by atoms with Gasteiger partial charge in [0.25, 0.3) is 5.89 Å². The van der Waals surface area contributed by atoms with Crippen molar-refractivity contribution < 1.29 is 9.26 Å². The molecule has 1 aromatic carbocycles. The van der Waals surface area contributed by atoms with Crippen LogP contribution in [0.3, 0.4) is 0 Å². The van der Waals surface area contributed by atoms with Gasteiger partial charge in [0.2, 0.25) is 0 Å². The minimum Gasteiger partial charge on any atom is -0.497 e. The van der Waals surface area contributed by atoms with E-state index in [2.05, 4.69) is 10.1 Å². The third-order valence-corrected chi connectivity index (χ3v) is 2.55. The van der Waals surface area contributed by atoms with Crippen LogP contribution in [0.5, 0.6) is 5.75 Å². The number of hydrogen-bond donors (Lipinski definition) is 1. The number of nitrogens with two attached hydrogens (primary N) is 1. The summed E-state index contributed by atoms with van der Waals surface area (Å²) >= 11 is 0. The van der Waals surface area contributed by atoms with Crippen molar-refractivity contribution in [1.82, 2.24) is 10.1 Å². The van der Waals surface area contributed by atoms with E-state index in [9.17, 15) is 0 Å². The van der Waals surface area contributed by atoms with Gasteiger partial charge in [0, 0.05) is 18.0 Å². The van der Waals surface area contributed by atoms with Crippen molar-refractivity contribution in [1.29, 1.82) is 0 Å². The Morgan fingerprint density at radius 3 is 3.00 bits per heavy atom. The van der Waals surface area contributed by atoms with Crippen LogP contribution in [0.4, 0.5) is 0 Å². The number of rotatable bonds is 4. The average molecular weight is 233 g/mol. The highest BCUT2D eigenvalue weighted by Crippen LogP contribution is 2.23. The second-order valence-electron chi connectivity index (χ2n) is 3.83. The Balaban J connectivity index is 2.30. The number of methoxy groups -OCH3 is 1. The van der Waals surface area contributed by atoms with Crippen LogP contribution in [0.15, 0.2) is 28.8 Å². The molecule has 0 saturated carbocycles. The predicted octanol–water partition coefficient (Wildman–Crippen LogP) is 1.81. The Bertz CT molecular complexity index is 496. The highest BCUT2D eigenvalue weighted by molar-refractivity contribution is 5.55.